The molecule has 5 rings (SSSR count). The number of H-pyrrole nitrogens is 1. The number of carboxylic acid groups (broad SMARTS) is 1. The summed E-state index contributed by atoms with van der Waals surface area (Å²) >= 11 is 1.45. The zero-order valence-corrected chi connectivity index (χ0v) is 18.0. The quantitative estimate of drug-likeness (QED) is 0.455. The van der Waals surface area contributed by atoms with Crippen molar-refractivity contribution < 1.29 is 19.4 Å². The molecule has 3 heterocycles. The summed E-state index contributed by atoms with van der Waals surface area (Å²) < 4.78 is 5.18. The lowest BCUT2D eigenvalue weighted by atomic mass is 9.97. The normalized spacial score (nSPS) is 14.2. The van der Waals surface area contributed by atoms with Crippen molar-refractivity contribution in [2.24, 2.45) is 5.73 Å². The van der Waals surface area contributed by atoms with E-state index >= 15 is 0 Å². The van der Waals surface area contributed by atoms with Crippen LogP contribution < -0.4 is 21.3 Å². The van der Waals surface area contributed by atoms with Gasteiger partial charge in [-0.05, 0) is 48.9 Å². The van der Waals surface area contributed by atoms with Gasteiger partial charge < -0.3 is 25.9 Å². The number of carbonyl (C=O) groups excluding carboxylic acids is 1. The molecule has 2 aromatic heterocycles. The Balaban J connectivity index is 0.000000176. The number of amides is 1. The van der Waals surface area contributed by atoms with E-state index in [1.165, 1.54) is 16.2 Å². The minimum absolute atomic E-state index is 0. The maximum atomic E-state index is 11.9. The van der Waals surface area contributed by atoms with Crippen molar-refractivity contribution in [1.29, 1.82) is 0 Å². The van der Waals surface area contributed by atoms with Crippen molar-refractivity contribution in [2.75, 3.05) is 11.9 Å². The Hall–Kier alpha value is -2.95. The Morgan fingerprint density at radius 2 is 2.03 bits per heavy atom. The van der Waals surface area contributed by atoms with E-state index in [1.807, 2.05) is 18.2 Å². The number of hydrogen-bond acceptors (Lipinski definition) is 7. The molecular weight excluding hydrogens is 444 g/mol. The Kier molecular flexibility index (Phi) is 6.94. The zero-order chi connectivity index (χ0) is 21.3. The Morgan fingerprint density at radius 1 is 1.26 bits per heavy atom. The van der Waals surface area contributed by atoms with Crippen LogP contribution in [0.4, 0.5) is 5.69 Å². The van der Waals surface area contributed by atoms with Gasteiger partial charge in [0.05, 0.1) is 11.1 Å². The topological polar surface area (TPSA) is 147 Å². The van der Waals surface area contributed by atoms with Crippen LogP contribution in [0.1, 0.15) is 39.5 Å². The summed E-state index contributed by atoms with van der Waals surface area (Å²) in [7, 11) is 0. The number of nitrogens with one attached hydrogen (secondary N) is 2. The summed E-state index contributed by atoms with van der Waals surface area (Å²) in [5.74, 6) is -0.894. The molecule has 0 unspecified atom stereocenters. The van der Waals surface area contributed by atoms with Gasteiger partial charge in [0.15, 0.2) is 6.61 Å². The van der Waals surface area contributed by atoms with Crippen LogP contribution in [-0.4, -0.2) is 33.6 Å². The molecule has 164 valence electrons. The monoisotopic (exact) mass is 464 g/mol. The fourth-order valence-electron chi connectivity index (χ4n) is 3.52. The number of aromatic carboxylic acids is 1. The molecule has 0 atom stereocenters. The van der Waals surface area contributed by atoms with Gasteiger partial charge in [-0.1, -0.05) is 6.07 Å². The first-order chi connectivity index (χ1) is 14.5. The molecule has 0 saturated heterocycles. The number of hydrogen-bond donors (Lipinski definition) is 4. The summed E-state index contributed by atoms with van der Waals surface area (Å²) in [6.07, 6.45) is 4.08. The number of aromatic nitrogens is 2. The van der Waals surface area contributed by atoms with Gasteiger partial charge >= 0.3 is 5.97 Å². The van der Waals surface area contributed by atoms with Crippen LogP contribution in [0.15, 0.2) is 23.0 Å². The van der Waals surface area contributed by atoms with E-state index < -0.39 is 5.97 Å². The number of ether oxygens (including phenoxy) is 1. The van der Waals surface area contributed by atoms with Gasteiger partial charge in [-0.25, -0.2) is 9.78 Å². The zero-order valence-electron chi connectivity index (χ0n) is 16.4. The minimum atomic E-state index is -1.20. The molecule has 1 aliphatic carbocycles. The number of aromatic amines is 1. The predicted octanol–water partition coefficient (Wildman–Crippen LogP) is 2.46. The van der Waals surface area contributed by atoms with E-state index in [0.29, 0.717) is 28.2 Å². The molecule has 0 saturated carbocycles. The van der Waals surface area contributed by atoms with Crippen molar-refractivity contribution in [2.45, 2.75) is 32.2 Å². The molecule has 2 aliphatic rings. The molecule has 0 radical (unpaired) electrons. The summed E-state index contributed by atoms with van der Waals surface area (Å²) in [4.78, 5) is 41.7. The lowest BCUT2D eigenvalue weighted by Crippen LogP contribution is -2.25. The third kappa shape index (κ3) is 4.71. The van der Waals surface area contributed by atoms with Crippen LogP contribution in [0.5, 0.6) is 5.75 Å². The maximum absolute atomic E-state index is 11.9. The molecule has 5 N–H and O–H groups in total. The number of carboxylic acids is 1. The first-order valence-electron chi connectivity index (χ1n) is 9.49. The molecule has 0 spiro atoms. The lowest BCUT2D eigenvalue weighted by Gasteiger charge is -2.18. The van der Waals surface area contributed by atoms with Crippen molar-refractivity contribution in [1.82, 2.24) is 9.97 Å². The van der Waals surface area contributed by atoms with Gasteiger partial charge in [0.25, 0.3) is 11.5 Å². The van der Waals surface area contributed by atoms with E-state index in [2.05, 4.69) is 15.3 Å². The molecule has 9 nitrogen and oxygen atoms in total. The maximum Gasteiger partial charge on any atom is 0.372 e. The number of thiophene rings is 1. The largest absolute Gasteiger partial charge is 0.482 e. The Bertz CT molecular complexity index is 1210. The van der Waals surface area contributed by atoms with Crippen LogP contribution in [0.25, 0.3) is 10.2 Å². The summed E-state index contributed by atoms with van der Waals surface area (Å²) in [6.45, 7) is 0.554. The number of nitrogens with two attached hydrogens (primary N) is 1. The van der Waals surface area contributed by atoms with Crippen LogP contribution in [0.3, 0.4) is 0 Å². The lowest BCUT2D eigenvalue weighted by molar-refractivity contribution is -0.118. The van der Waals surface area contributed by atoms with Crippen molar-refractivity contribution in [3.63, 3.8) is 0 Å². The second kappa shape index (κ2) is 9.46. The fraction of sp³-hybridized carbons (Fsp3) is 0.300. The Labute approximate surface area is 187 Å². The SMILES string of the molecule is Cl.NCc1ccc2c(c1)NC(=O)CO2.O=C(O)c1nc2sc3c(c2c(=O)[nH]1)CCCC3. The Morgan fingerprint density at radius 3 is 2.77 bits per heavy atom. The average Bonchev–Trinajstić information content (AvgIpc) is 3.12. The highest BCUT2D eigenvalue weighted by atomic mass is 35.5. The van der Waals surface area contributed by atoms with Crippen LogP contribution in [0, 0.1) is 0 Å². The van der Waals surface area contributed by atoms with E-state index in [1.54, 1.807) is 0 Å². The first-order valence-corrected chi connectivity index (χ1v) is 10.3. The molecular formula is C20H21ClN4O5S. The number of carbonyl (C=O) groups is 2. The summed E-state index contributed by atoms with van der Waals surface area (Å²) in [5, 5.41) is 12.2. The van der Waals surface area contributed by atoms with Gasteiger partial charge in [0, 0.05) is 11.4 Å². The number of aryl methyl sites for hydroxylation is 2. The minimum Gasteiger partial charge on any atom is -0.482 e. The number of benzene rings is 1. The van der Waals surface area contributed by atoms with Crippen LogP contribution in [0.2, 0.25) is 0 Å². The second-order valence-corrected chi connectivity index (χ2v) is 8.07. The van der Waals surface area contributed by atoms with Crippen molar-refractivity contribution >= 4 is 51.5 Å². The highest BCUT2D eigenvalue weighted by Gasteiger charge is 2.21. The fourth-order valence-corrected chi connectivity index (χ4v) is 4.78. The van der Waals surface area contributed by atoms with Crippen molar-refractivity contribution in [3.05, 3.63) is 50.4 Å². The highest BCUT2D eigenvalue weighted by molar-refractivity contribution is 7.18. The number of nitrogens with zero attached hydrogens (tertiary/aromatic N) is 1. The number of rotatable bonds is 2. The average molecular weight is 465 g/mol. The smallest absolute Gasteiger partial charge is 0.372 e. The highest BCUT2D eigenvalue weighted by Crippen LogP contribution is 2.33. The molecule has 11 heteroatoms. The van der Waals surface area contributed by atoms with E-state index in [-0.39, 0.29) is 36.3 Å². The molecule has 0 bridgehead atoms. The summed E-state index contributed by atoms with van der Waals surface area (Å²) in [5.41, 5.74) is 7.89. The van der Waals surface area contributed by atoms with Crippen LogP contribution in [-0.2, 0) is 24.2 Å². The number of anilines is 1. The van der Waals surface area contributed by atoms with Gasteiger partial charge in [-0.15, -0.1) is 23.7 Å². The summed E-state index contributed by atoms with van der Waals surface area (Å²) in [6, 6.07) is 5.53. The van der Waals surface area contributed by atoms with Crippen molar-refractivity contribution in [3.8, 4) is 5.75 Å². The molecule has 1 aromatic carbocycles. The molecule has 0 fully saturated rings. The number of halogens is 1. The predicted molar refractivity (Wildman–Crippen MR) is 120 cm³/mol. The molecule has 31 heavy (non-hydrogen) atoms. The van der Waals surface area contributed by atoms with Gasteiger partial charge in [0.1, 0.15) is 10.6 Å². The molecule has 1 aliphatic heterocycles. The van der Waals surface area contributed by atoms with Crippen LogP contribution >= 0.6 is 23.7 Å². The third-order valence-corrected chi connectivity index (χ3v) is 6.13. The van der Waals surface area contributed by atoms with E-state index in [9.17, 15) is 14.4 Å². The first kappa shape index (κ1) is 22.7. The molecule has 3 aromatic rings. The second-order valence-electron chi connectivity index (χ2n) is 6.98. The standard InChI is InChI=1S/C11H10N2O3S.C9H10N2O2.ClH/c14-9-7-5-3-1-2-4-6(5)17-10(7)13-8(12-9)11(15)16;10-4-6-1-2-8-7(3-6)11-9(12)5-13-8;/h1-4H2,(H,15,16)(H,12,13,14);1-3H,4-5,10H2,(H,11,12);1H. The van der Waals surface area contributed by atoms with E-state index in [4.69, 9.17) is 15.6 Å². The van der Waals surface area contributed by atoms with E-state index in [0.717, 1.165) is 36.8 Å². The molecule has 1 amide bonds. The third-order valence-electron chi connectivity index (χ3n) is 4.94. The number of fused-ring (bicyclic) bond motifs is 4. The van der Waals surface area contributed by atoms with Gasteiger partial charge in [0.2, 0.25) is 5.82 Å². The van der Waals surface area contributed by atoms with Gasteiger partial charge in [-0.3, -0.25) is 9.59 Å². The van der Waals surface area contributed by atoms with Gasteiger partial charge in [-0.2, -0.15) is 0 Å².